The first kappa shape index (κ1) is 12.9. The van der Waals surface area contributed by atoms with Crippen LogP contribution in [0.15, 0.2) is 18.2 Å². The Morgan fingerprint density at radius 2 is 2.06 bits per heavy atom. The summed E-state index contributed by atoms with van der Waals surface area (Å²) >= 11 is 0. The molecule has 0 bridgehead atoms. The van der Waals surface area contributed by atoms with Crippen molar-refractivity contribution in [1.82, 2.24) is 0 Å². The highest BCUT2D eigenvalue weighted by molar-refractivity contribution is 6.07. The fraction of sp³-hybridized carbons (Fsp3) is 0.533. The molecule has 0 unspecified atom stereocenters. The first-order chi connectivity index (χ1) is 8.48. The zero-order valence-electron chi connectivity index (χ0n) is 11.6. The molecule has 0 spiro atoms. The van der Waals surface area contributed by atoms with Gasteiger partial charge in [0.05, 0.1) is 12.0 Å². The number of fused-ring (bicyclic) bond motifs is 1. The van der Waals surface area contributed by atoms with Crippen LogP contribution in [0.1, 0.15) is 39.2 Å². The standard InChI is InChI=1S/C15H21NO2/c1-5-6-9-18-11-7-8-13-12(10-11)15(2,3)14(17)16(13)4/h7-8,10H,5-6,9H2,1-4H3. The molecule has 98 valence electrons. The minimum absolute atomic E-state index is 0.142. The molecule has 1 amide bonds. The lowest BCUT2D eigenvalue weighted by molar-refractivity contribution is -0.121. The van der Waals surface area contributed by atoms with Gasteiger partial charge in [0.2, 0.25) is 5.91 Å². The highest BCUT2D eigenvalue weighted by Crippen LogP contribution is 2.42. The molecule has 0 saturated heterocycles. The van der Waals surface area contributed by atoms with Gasteiger partial charge >= 0.3 is 0 Å². The summed E-state index contributed by atoms with van der Waals surface area (Å²) in [5.41, 5.74) is 1.60. The lowest BCUT2D eigenvalue weighted by Gasteiger charge is -2.16. The van der Waals surface area contributed by atoms with Crippen LogP contribution in [0.4, 0.5) is 5.69 Å². The van der Waals surface area contributed by atoms with Crippen molar-refractivity contribution < 1.29 is 9.53 Å². The minimum atomic E-state index is -0.450. The second-order valence-corrected chi connectivity index (χ2v) is 5.37. The highest BCUT2D eigenvalue weighted by Gasteiger charge is 2.42. The number of carbonyl (C=O) groups excluding carboxylic acids is 1. The van der Waals surface area contributed by atoms with Gasteiger partial charge in [-0.3, -0.25) is 4.79 Å². The molecule has 0 aromatic heterocycles. The molecule has 0 fully saturated rings. The Bertz CT molecular complexity index is 466. The van der Waals surface area contributed by atoms with E-state index < -0.39 is 5.41 Å². The maximum absolute atomic E-state index is 12.1. The van der Waals surface area contributed by atoms with E-state index in [4.69, 9.17) is 4.74 Å². The van der Waals surface area contributed by atoms with Crippen LogP contribution >= 0.6 is 0 Å². The Labute approximate surface area is 109 Å². The molecule has 3 heteroatoms. The molecule has 0 N–H and O–H groups in total. The summed E-state index contributed by atoms with van der Waals surface area (Å²) in [5, 5.41) is 0. The zero-order chi connectivity index (χ0) is 13.3. The number of nitrogens with zero attached hydrogens (tertiary/aromatic N) is 1. The van der Waals surface area contributed by atoms with E-state index in [0.29, 0.717) is 0 Å². The van der Waals surface area contributed by atoms with Crippen molar-refractivity contribution in [2.75, 3.05) is 18.6 Å². The number of unbranched alkanes of at least 4 members (excludes halogenated alkanes) is 1. The van der Waals surface area contributed by atoms with Crippen molar-refractivity contribution in [3.05, 3.63) is 23.8 Å². The summed E-state index contributed by atoms with van der Waals surface area (Å²) < 4.78 is 5.71. The predicted molar refractivity (Wildman–Crippen MR) is 73.3 cm³/mol. The summed E-state index contributed by atoms with van der Waals surface area (Å²) in [5.74, 6) is 1.00. The van der Waals surface area contributed by atoms with Crippen LogP contribution in [-0.4, -0.2) is 19.6 Å². The Morgan fingerprint density at radius 1 is 1.33 bits per heavy atom. The summed E-state index contributed by atoms with van der Waals surface area (Å²) in [6, 6.07) is 5.93. The molecular weight excluding hydrogens is 226 g/mol. The Hall–Kier alpha value is -1.51. The smallest absolute Gasteiger partial charge is 0.236 e. The molecule has 0 saturated carbocycles. The van der Waals surface area contributed by atoms with Crippen LogP contribution in [0.3, 0.4) is 0 Å². The van der Waals surface area contributed by atoms with Gasteiger partial charge in [0, 0.05) is 12.7 Å². The third kappa shape index (κ3) is 1.98. The summed E-state index contributed by atoms with van der Waals surface area (Å²) in [6.45, 7) is 6.81. The molecule has 1 heterocycles. The first-order valence-corrected chi connectivity index (χ1v) is 6.54. The van der Waals surface area contributed by atoms with Gasteiger partial charge in [-0.2, -0.15) is 0 Å². The average molecular weight is 247 g/mol. The Morgan fingerprint density at radius 3 is 2.72 bits per heavy atom. The molecule has 1 aliphatic heterocycles. The highest BCUT2D eigenvalue weighted by atomic mass is 16.5. The van der Waals surface area contributed by atoms with Gasteiger partial charge in [0.1, 0.15) is 5.75 Å². The fourth-order valence-electron chi connectivity index (χ4n) is 2.38. The summed E-state index contributed by atoms with van der Waals surface area (Å²) in [7, 11) is 1.83. The van der Waals surface area contributed by atoms with Crippen molar-refractivity contribution in [3.8, 4) is 5.75 Å². The number of likely N-dealkylation sites (N-methyl/N-ethyl adjacent to an activating group) is 1. The maximum atomic E-state index is 12.1. The predicted octanol–water partition coefficient (Wildman–Crippen LogP) is 3.12. The Balaban J connectivity index is 2.27. The maximum Gasteiger partial charge on any atom is 0.236 e. The quantitative estimate of drug-likeness (QED) is 0.765. The van der Waals surface area contributed by atoms with E-state index in [9.17, 15) is 4.79 Å². The number of hydrogen-bond donors (Lipinski definition) is 0. The third-order valence-corrected chi connectivity index (χ3v) is 3.61. The van der Waals surface area contributed by atoms with E-state index in [2.05, 4.69) is 6.92 Å². The number of rotatable bonds is 4. The van der Waals surface area contributed by atoms with E-state index in [1.54, 1.807) is 4.90 Å². The zero-order valence-corrected chi connectivity index (χ0v) is 11.6. The van der Waals surface area contributed by atoms with Gasteiger partial charge in [0.15, 0.2) is 0 Å². The molecule has 3 nitrogen and oxygen atoms in total. The molecule has 0 atom stereocenters. The van der Waals surface area contributed by atoms with Crippen molar-refractivity contribution in [2.24, 2.45) is 0 Å². The van der Waals surface area contributed by atoms with E-state index in [0.717, 1.165) is 36.4 Å². The van der Waals surface area contributed by atoms with Crippen molar-refractivity contribution in [3.63, 3.8) is 0 Å². The second kappa shape index (κ2) is 4.63. The number of carbonyl (C=O) groups is 1. The third-order valence-electron chi connectivity index (χ3n) is 3.61. The van der Waals surface area contributed by atoms with Gasteiger partial charge in [0.25, 0.3) is 0 Å². The van der Waals surface area contributed by atoms with Crippen LogP contribution in [0, 0.1) is 0 Å². The molecule has 1 aliphatic rings. The summed E-state index contributed by atoms with van der Waals surface area (Å²) in [4.78, 5) is 13.9. The SMILES string of the molecule is CCCCOc1ccc2c(c1)C(C)(C)C(=O)N2C. The summed E-state index contributed by atoms with van der Waals surface area (Å²) in [6.07, 6.45) is 2.18. The number of anilines is 1. The molecular formula is C15H21NO2. The van der Waals surface area contributed by atoms with Crippen LogP contribution in [0.25, 0.3) is 0 Å². The number of benzene rings is 1. The fourth-order valence-corrected chi connectivity index (χ4v) is 2.38. The van der Waals surface area contributed by atoms with E-state index in [-0.39, 0.29) is 5.91 Å². The molecule has 1 aromatic rings. The normalized spacial score (nSPS) is 16.9. The first-order valence-electron chi connectivity index (χ1n) is 6.54. The topological polar surface area (TPSA) is 29.5 Å². The average Bonchev–Trinajstić information content (AvgIpc) is 2.52. The molecule has 2 rings (SSSR count). The monoisotopic (exact) mass is 247 g/mol. The van der Waals surface area contributed by atoms with Gasteiger partial charge in [-0.15, -0.1) is 0 Å². The lowest BCUT2D eigenvalue weighted by atomic mass is 9.86. The Kier molecular flexibility index (Phi) is 3.33. The van der Waals surface area contributed by atoms with Crippen molar-refractivity contribution >= 4 is 11.6 Å². The van der Waals surface area contributed by atoms with Gasteiger partial charge in [-0.25, -0.2) is 0 Å². The molecule has 1 aromatic carbocycles. The number of ether oxygens (including phenoxy) is 1. The van der Waals surface area contributed by atoms with Crippen molar-refractivity contribution in [2.45, 2.75) is 39.0 Å². The van der Waals surface area contributed by atoms with E-state index in [1.807, 2.05) is 39.1 Å². The van der Waals surface area contributed by atoms with E-state index in [1.165, 1.54) is 0 Å². The molecule has 0 radical (unpaired) electrons. The van der Waals surface area contributed by atoms with Crippen LogP contribution in [-0.2, 0) is 10.2 Å². The van der Waals surface area contributed by atoms with Gasteiger partial charge in [-0.05, 0) is 44.0 Å². The van der Waals surface area contributed by atoms with Crippen LogP contribution in [0.5, 0.6) is 5.75 Å². The van der Waals surface area contributed by atoms with Crippen LogP contribution < -0.4 is 9.64 Å². The minimum Gasteiger partial charge on any atom is -0.494 e. The van der Waals surface area contributed by atoms with Gasteiger partial charge < -0.3 is 9.64 Å². The van der Waals surface area contributed by atoms with Gasteiger partial charge in [-0.1, -0.05) is 13.3 Å². The number of hydrogen-bond acceptors (Lipinski definition) is 2. The lowest BCUT2D eigenvalue weighted by Crippen LogP contribution is -2.33. The second-order valence-electron chi connectivity index (χ2n) is 5.37. The molecule has 18 heavy (non-hydrogen) atoms. The largest absolute Gasteiger partial charge is 0.494 e. The molecule has 0 aliphatic carbocycles. The number of amides is 1. The van der Waals surface area contributed by atoms with Crippen LogP contribution in [0.2, 0.25) is 0 Å². The van der Waals surface area contributed by atoms with Crippen molar-refractivity contribution in [1.29, 1.82) is 0 Å². The van der Waals surface area contributed by atoms with E-state index >= 15 is 0 Å².